The van der Waals surface area contributed by atoms with Gasteiger partial charge in [-0.2, -0.15) is 0 Å². The van der Waals surface area contributed by atoms with Crippen LogP contribution >= 0.6 is 0 Å². The van der Waals surface area contributed by atoms with Crippen LogP contribution in [0.15, 0.2) is 24.3 Å². The van der Waals surface area contributed by atoms with Crippen LogP contribution in [0.5, 0.6) is 5.75 Å². The van der Waals surface area contributed by atoms with Gasteiger partial charge in [0.25, 0.3) is 0 Å². The Morgan fingerprint density at radius 3 is 2.23 bits per heavy atom. The lowest BCUT2D eigenvalue weighted by Gasteiger charge is -2.10. The number of carbonyl (C=O) groups excluding carboxylic acids is 1. The summed E-state index contributed by atoms with van der Waals surface area (Å²) in [5.41, 5.74) is 1.28. The molecule has 0 radical (unpaired) electrons. The number of unbranched alkanes of at least 4 members (excludes halogenated alkanes) is 5. The molecule has 3 nitrogen and oxygen atoms in total. The number of hydrogen-bond donors (Lipinski definition) is 0. The molecule has 1 aromatic rings. The minimum atomic E-state index is -0.0930. The van der Waals surface area contributed by atoms with Crippen molar-refractivity contribution >= 4 is 5.97 Å². The lowest BCUT2D eigenvalue weighted by atomic mass is 10.1. The van der Waals surface area contributed by atoms with Crippen LogP contribution in [-0.4, -0.2) is 19.2 Å². The number of esters is 1. The molecule has 0 atom stereocenters. The normalized spacial score (nSPS) is 10.5. The van der Waals surface area contributed by atoms with Gasteiger partial charge in [-0.1, -0.05) is 57.7 Å². The minimum Gasteiger partial charge on any atom is -0.493 e. The molecule has 0 amide bonds. The van der Waals surface area contributed by atoms with E-state index in [-0.39, 0.29) is 5.97 Å². The van der Waals surface area contributed by atoms with Crippen LogP contribution in [0.2, 0.25) is 0 Å². The van der Waals surface area contributed by atoms with Gasteiger partial charge in [0.1, 0.15) is 5.75 Å². The van der Waals surface area contributed by atoms with Gasteiger partial charge in [-0.25, -0.2) is 0 Å². The Hall–Kier alpha value is -1.51. The van der Waals surface area contributed by atoms with E-state index >= 15 is 0 Å². The fourth-order valence-corrected chi connectivity index (χ4v) is 2.32. The molecular formula is C19H30O3. The monoisotopic (exact) mass is 306 g/mol. The smallest absolute Gasteiger partial charge is 0.305 e. The molecule has 0 saturated carbocycles. The van der Waals surface area contributed by atoms with Crippen LogP contribution in [0.3, 0.4) is 0 Å². The van der Waals surface area contributed by atoms with Crippen LogP contribution in [0.1, 0.15) is 64.4 Å². The Kier molecular flexibility index (Phi) is 10.2. The Morgan fingerprint density at radius 1 is 0.909 bits per heavy atom. The van der Waals surface area contributed by atoms with Crippen molar-refractivity contribution in [1.82, 2.24) is 0 Å². The first-order valence-corrected chi connectivity index (χ1v) is 8.64. The second-order valence-corrected chi connectivity index (χ2v) is 5.51. The summed E-state index contributed by atoms with van der Waals surface area (Å²) in [6, 6.07) is 8.26. The highest BCUT2D eigenvalue weighted by molar-refractivity contribution is 5.68. The zero-order chi connectivity index (χ0) is 16.0. The number of hydrogen-bond acceptors (Lipinski definition) is 3. The van der Waals surface area contributed by atoms with Gasteiger partial charge >= 0.3 is 5.97 Å². The molecule has 1 rings (SSSR count). The average molecular weight is 306 g/mol. The van der Waals surface area contributed by atoms with E-state index in [0.29, 0.717) is 13.0 Å². The van der Waals surface area contributed by atoms with Gasteiger partial charge < -0.3 is 9.47 Å². The first-order chi connectivity index (χ1) is 10.8. The highest BCUT2D eigenvalue weighted by atomic mass is 16.5. The highest BCUT2D eigenvalue weighted by Gasteiger charge is 2.00. The summed E-state index contributed by atoms with van der Waals surface area (Å²) in [5.74, 6) is 0.937. The zero-order valence-corrected chi connectivity index (χ0v) is 14.1. The van der Waals surface area contributed by atoms with Crippen LogP contribution in [-0.2, 0) is 16.0 Å². The molecule has 0 saturated heterocycles. The Labute approximate surface area is 135 Å². The fraction of sp³-hybridized carbons (Fsp3) is 0.632. The van der Waals surface area contributed by atoms with Crippen molar-refractivity contribution in [2.75, 3.05) is 13.2 Å². The predicted molar refractivity (Wildman–Crippen MR) is 90.3 cm³/mol. The zero-order valence-electron chi connectivity index (χ0n) is 14.1. The number of rotatable bonds is 12. The first-order valence-electron chi connectivity index (χ1n) is 8.64. The molecule has 1 aromatic carbocycles. The van der Waals surface area contributed by atoms with Crippen LogP contribution in [0, 0.1) is 0 Å². The van der Waals surface area contributed by atoms with Gasteiger partial charge in [0.15, 0.2) is 0 Å². The Balaban J connectivity index is 1.94. The second kappa shape index (κ2) is 12.1. The molecule has 0 spiro atoms. The number of benzene rings is 1. The summed E-state index contributed by atoms with van der Waals surface area (Å²) in [7, 11) is 0. The number of ether oxygens (including phenoxy) is 2. The molecule has 22 heavy (non-hydrogen) atoms. The van der Waals surface area contributed by atoms with E-state index in [4.69, 9.17) is 9.47 Å². The van der Waals surface area contributed by atoms with Gasteiger partial charge in [-0.15, -0.1) is 0 Å². The molecule has 0 fully saturated rings. The molecule has 0 N–H and O–H groups in total. The van der Waals surface area contributed by atoms with Crippen LogP contribution < -0.4 is 4.74 Å². The van der Waals surface area contributed by atoms with E-state index < -0.39 is 0 Å². The van der Waals surface area contributed by atoms with Crippen molar-refractivity contribution in [3.8, 4) is 5.75 Å². The van der Waals surface area contributed by atoms with Crippen molar-refractivity contribution in [1.29, 1.82) is 0 Å². The highest BCUT2D eigenvalue weighted by Crippen LogP contribution is 2.18. The van der Waals surface area contributed by atoms with E-state index in [1.54, 1.807) is 0 Å². The van der Waals surface area contributed by atoms with Crippen molar-refractivity contribution in [2.45, 2.75) is 65.2 Å². The summed E-state index contributed by atoms with van der Waals surface area (Å²) >= 11 is 0. The van der Waals surface area contributed by atoms with Crippen molar-refractivity contribution in [3.63, 3.8) is 0 Å². The minimum absolute atomic E-state index is 0.0930. The summed E-state index contributed by atoms with van der Waals surface area (Å²) in [4.78, 5) is 10.9. The average Bonchev–Trinajstić information content (AvgIpc) is 2.56. The lowest BCUT2D eigenvalue weighted by molar-refractivity contribution is -0.143. The number of aryl methyl sites for hydroxylation is 1. The van der Waals surface area contributed by atoms with Gasteiger partial charge in [-0.3, -0.25) is 4.79 Å². The van der Waals surface area contributed by atoms with Crippen LogP contribution in [0.4, 0.5) is 0 Å². The topological polar surface area (TPSA) is 35.5 Å². The van der Waals surface area contributed by atoms with Crippen LogP contribution in [0.25, 0.3) is 0 Å². The maximum absolute atomic E-state index is 10.9. The molecule has 0 unspecified atom stereocenters. The summed E-state index contributed by atoms with van der Waals surface area (Å²) < 4.78 is 10.9. The third kappa shape index (κ3) is 8.06. The Bertz CT molecular complexity index is 415. The van der Waals surface area contributed by atoms with E-state index in [1.807, 2.05) is 13.0 Å². The molecular weight excluding hydrogens is 276 g/mol. The molecule has 0 aliphatic carbocycles. The van der Waals surface area contributed by atoms with E-state index in [9.17, 15) is 4.79 Å². The quantitative estimate of drug-likeness (QED) is 0.406. The summed E-state index contributed by atoms with van der Waals surface area (Å²) in [6.45, 7) is 5.35. The first kappa shape index (κ1) is 18.5. The van der Waals surface area contributed by atoms with Crippen molar-refractivity contribution in [3.05, 3.63) is 29.8 Å². The molecule has 124 valence electrons. The molecule has 3 heteroatoms. The van der Waals surface area contributed by atoms with Gasteiger partial charge in [0.05, 0.1) is 13.2 Å². The predicted octanol–water partition coefficient (Wildman–Crippen LogP) is 4.92. The molecule has 0 aliphatic rings. The summed E-state index contributed by atoms with van der Waals surface area (Å²) in [5, 5.41) is 0. The van der Waals surface area contributed by atoms with E-state index in [2.05, 4.69) is 25.1 Å². The number of carbonyl (C=O) groups is 1. The Morgan fingerprint density at radius 2 is 1.55 bits per heavy atom. The van der Waals surface area contributed by atoms with Gasteiger partial charge in [-0.05, 0) is 30.9 Å². The van der Waals surface area contributed by atoms with Crippen molar-refractivity contribution < 1.29 is 14.3 Å². The van der Waals surface area contributed by atoms with E-state index in [0.717, 1.165) is 38.0 Å². The molecule has 0 heterocycles. The fourth-order valence-electron chi connectivity index (χ4n) is 2.32. The second-order valence-electron chi connectivity index (χ2n) is 5.51. The summed E-state index contributed by atoms with van der Waals surface area (Å²) in [6.07, 6.45) is 8.32. The van der Waals surface area contributed by atoms with Gasteiger partial charge in [0, 0.05) is 6.42 Å². The molecule has 0 bridgehead atoms. The lowest BCUT2D eigenvalue weighted by Crippen LogP contribution is -2.03. The number of para-hydroxylation sites is 1. The maximum Gasteiger partial charge on any atom is 0.305 e. The van der Waals surface area contributed by atoms with E-state index in [1.165, 1.54) is 24.8 Å². The third-order valence-electron chi connectivity index (χ3n) is 3.70. The maximum atomic E-state index is 10.9. The molecule has 0 aliphatic heterocycles. The molecule has 0 aromatic heterocycles. The largest absolute Gasteiger partial charge is 0.493 e. The standard InChI is InChI=1S/C19H30O3/c1-3-17-13-9-10-14-18(17)21-15-11-7-5-6-8-12-16-22-19(20)4-2/h9-10,13-14H,3-8,11-12,15-16H2,1-2H3. The third-order valence-corrected chi connectivity index (χ3v) is 3.70. The van der Waals surface area contributed by atoms with Gasteiger partial charge in [0.2, 0.25) is 0 Å². The SMILES string of the molecule is CCC(=O)OCCCCCCCCOc1ccccc1CC. The van der Waals surface area contributed by atoms with Crippen molar-refractivity contribution in [2.24, 2.45) is 0 Å².